The molecule has 0 saturated heterocycles. The predicted octanol–water partition coefficient (Wildman–Crippen LogP) is 2.39. The maximum atomic E-state index is 11.8. The second-order valence-electron chi connectivity index (χ2n) is 4.56. The Kier molecular flexibility index (Phi) is 5.65. The van der Waals surface area contributed by atoms with Gasteiger partial charge in [0.2, 0.25) is 0 Å². The molecule has 0 aromatic heterocycles. The molecular weight excluding hydrogens is 228 g/mol. The standard InChI is InChI=1S/C14H22N2O2/c1-4-12-7-5-6-8-13(12)16-14(18)15-11(3)10(2)9-17/h5-8,10-11,17H,4,9H2,1-3H3,(H2,15,16,18). The van der Waals surface area contributed by atoms with Crippen LogP contribution < -0.4 is 10.6 Å². The number of carbonyl (C=O) groups is 1. The summed E-state index contributed by atoms with van der Waals surface area (Å²) in [5.74, 6) is 0.0390. The fourth-order valence-corrected chi connectivity index (χ4v) is 1.62. The van der Waals surface area contributed by atoms with Crippen LogP contribution >= 0.6 is 0 Å². The summed E-state index contributed by atoms with van der Waals surface area (Å²) >= 11 is 0. The van der Waals surface area contributed by atoms with Gasteiger partial charge in [0.1, 0.15) is 0 Å². The van der Waals surface area contributed by atoms with Gasteiger partial charge in [0.25, 0.3) is 0 Å². The van der Waals surface area contributed by atoms with Crippen molar-refractivity contribution in [1.29, 1.82) is 0 Å². The lowest BCUT2D eigenvalue weighted by molar-refractivity contribution is 0.204. The van der Waals surface area contributed by atoms with E-state index in [0.717, 1.165) is 17.7 Å². The van der Waals surface area contributed by atoms with Gasteiger partial charge >= 0.3 is 6.03 Å². The van der Waals surface area contributed by atoms with Gasteiger partial charge in [-0.05, 0) is 30.9 Å². The number of aryl methyl sites for hydroxylation is 1. The van der Waals surface area contributed by atoms with Crippen LogP contribution in [0.25, 0.3) is 0 Å². The molecule has 100 valence electrons. The van der Waals surface area contributed by atoms with E-state index in [4.69, 9.17) is 5.11 Å². The van der Waals surface area contributed by atoms with E-state index in [9.17, 15) is 4.79 Å². The monoisotopic (exact) mass is 250 g/mol. The van der Waals surface area contributed by atoms with Gasteiger partial charge < -0.3 is 15.7 Å². The van der Waals surface area contributed by atoms with Crippen molar-refractivity contribution < 1.29 is 9.90 Å². The number of aliphatic hydroxyl groups is 1. The van der Waals surface area contributed by atoms with Gasteiger partial charge in [-0.3, -0.25) is 0 Å². The number of carbonyl (C=O) groups excluding carboxylic acids is 1. The van der Waals surface area contributed by atoms with Crippen LogP contribution in [0.15, 0.2) is 24.3 Å². The first-order valence-electron chi connectivity index (χ1n) is 6.34. The van der Waals surface area contributed by atoms with E-state index in [2.05, 4.69) is 17.6 Å². The molecule has 0 aliphatic heterocycles. The van der Waals surface area contributed by atoms with E-state index in [1.807, 2.05) is 38.1 Å². The molecule has 18 heavy (non-hydrogen) atoms. The Balaban J connectivity index is 2.59. The van der Waals surface area contributed by atoms with Crippen LogP contribution in [-0.2, 0) is 6.42 Å². The number of aliphatic hydroxyl groups excluding tert-OH is 1. The third-order valence-electron chi connectivity index (χ3n) is 3.15. The summed E-state index contributed by atoms with van der Waals surface area (Å²) in [5.41, 5.74) is 1.94. The average Bonchev–Trinajstić information content (AvgIpc) is 2.38. The molecular formula is C14H22N2O2. The second-order valence-corrected chi connectivity index (χ2v) is 4.56. The van der Waals surface area contributed by atoms with Crippen molar-refractivity contribution in [2.24, 2.45) is 5.92 Å². The predicted molar refractivity (Wildman–Crippen MR) is 73.7 cm³/mol. The van der Waals surface area contributed by atoms with Gasteiger partial charge in [-0.15, -0.1) is 0 Å². The lowest BCUT2D eigenvalue weighted by Crippen LogP contribution is -2.40. The van der Waals surface area contributed by atoms with Crippen LogP contribution in [0.2, 0.25) is 0 Å². The molecule has 4 heteroatoms. The lowest BCUT2D eigenvalue weighted by Gasteiger charge is -2.20. The Morgan fingerprint density at radius 2 is 2.00 bits per heavy atom. The Bertz CT molecular complexity index is 393. The summed E-state index contributed by atoms with van der Waals surface area (Å²) in [5, 5.41) is 14.7. The van der Waals surface area contributed by atoms with Gasteiger partial charge in [-0.25, -0.2) is 4.79 Å². The zero-order valence-corrected chi connectivity index (χ0v) is 11.2. The molecule has 0 spiro atoms. The van der Waals surface area contributed by atoms with Crippen molar-refractivity contribution in [1.82, 2.24) is 5.32 Å². The minimum absolute atomic E-state index is 0.0390. The maximum absolute atomic E-state index is 11.8. The van der Waals surface area contributed by atoms with Crippen LogP contribution in [0, 0.1) is 5.92 Å². The third kappa shape index (κ3) is 4.04. The molecule has 0 bridgehead atoms. The Labute approximate surface area is 108 Å². The summed E-state index contributed by atoms with van der Waals surface area (Å²) < 4.78 is 0. The van der Waals surface area contributed by atoms with Crippen LogP contribution in [0.3, 0.4) is 0 Å². The highest BCUT2D eigenvalue weighted by molar-refractivity contribution is 5.90. The van der Waals surface area contributed by atoms with Gasteiger partial charge in [-0.2, -0.15) is 0 Å². The highest BCUT2D eigenvalue weighted by atomic mass is 16.3. The largest absolute Gasteiger partial charge is 0.396 e. The number of para-hydroxylation sites is 1. The zero-order valence-electron chi connectivity index (χ0n) is 11.2. The van der Waals surface area contributed by atoms with E-state index in [-0.39, 0.29) is 24.6 Å². The molecule has 0 fully saturated rings. The molecule has 0 aliphatic carbocycles. The second kappa shape index (κ2) is 7.01. The van der Waals surface area contributed by atoms with Crippen molar-refractivity contribution in [3.05, 3.63) is 29.8 Å². The molecule has 3 N–H and O–H groups in total. The number of benzene rings is 1. The molecule has 0 radical (unpaired) electrons. The number of rotatable bonds is 5. The average molecular weight is 250 g/mol. The number of hydrogen-bond acceptors (Lipinski definition) is 2. The van der Waals surface area contributed by atoms with E-state index >= 15 is 0 Å². The SMILES string of the molecule is CCc1ccccc1NC(=O)NC(C)C(C)CO. The summed E-state index contributed by atoms with van der Waals surface area (Å²) in [6.45, 7) is 5.89. The molecule has 0 saturated carbocycles. The molecule has 2 atom stereocenters. The topological polar surface area (TPSA) is 61.4 Å². The normalized spacial score (nSPS) is 13.8. The van der Waals surface area contributed by atoms with Crippen molar-refractivity contribution in [3.63, 3.8) is 0 Å². The van der Waals surface area contributed by atoms with Gasteiger partial charge in [0, 0.05) is 18.3 Å². The molecule has 1 aromatic rings. The van der Waals surface area contributed by atoms with Crippen LogP contribution in [-0.4, -0.2) is 23.8 Å². The molecule has 0 aliphatic rings. The lowest BCUT2D eigenvalue weighted by atomic mass is 10.1. The fraction of sp³-hybridized carbons (Fsp3) is 0.500. The number of urea groups is 1. The van der Waals surface area contributed by atoms with E-state index in [1.54, 1.807) is 0 Å². The Hall–Kier alpha value is -1.55. The van der Waals surface area contributed by atoms with Crippen molar-refractivity contribution in [3.8, 4) is 0 Å². The molecule has 4 nitrogen and oxygen atoms in total. The number of hydrogen-bond donors (Lipinski definition) is 3. The van der Waals surface area contributed by atoms with Gasteiger partial charge in [0.15, 0.2) is 0 Å². The van der Waals surface area contributed by atoms with E-state index in [0.29, 0.717) is 0 Å². The third-order valence-corrected chi connectivity index (χ3v) is 3.15. The van der Waals surface area contributed by atoms with Gasteiger partial charge in [-0.1, -0.05) is 32.0 Å². The summed E-state index contributed by atoms with van der Waals surface area (Å²) in [6, 6.07) is 7.44. The Morgan fingerprint density at radius 3 is 2.61 bits per heavy atom. The van der Waals surface area contributed by atoms with Crippen LogP contribution in [0.5, 0.6) is 0 Å². The zero-order chi connectivity index (χ0) is 13.5. The number of nitrogens with one attached hydrogen (secondary N) is 2. The summed E-state index contributed by atoms with van der Waals surface area (Å²) in [6.07, 6.45) is 0.874. The summed E-state index contributed by atoms with van der Waals surface area (Å²) in [7, 11) is 0. The molecule has 1 rings (SSSR count). The van der Waals surface area contributed by atoms with Crippen LogP contribution in [0.4, 0.5) is 10.5 Å². The quantitative estimate of drug-likeness (QED) is 0.751. The van der Waals surface area contributed by atoms with E-state index in [1.165, 1.54) is 0 Å². The van der Waals surface area contributed by atoms with Crippen molar-refractivity contribution in [2.75, 3.05) is 11.9 Å². The maximum Gasteiger partial charge on any atom is 0.319 e. The summed E-state index contributed by atoms with van der Waals surface area (Å²) in [4.78, 5) is 11.8. The molecule has 0 heterocycles. The van der Waals surface area contributed by atoms with Crippen molar-refractivity contribution in [2.45, 2.75) is 33.2 Å². The van der Waals surface area contributed by atoms with Crippen LogP contribution in [0.1, 0.15) is 26.3 Å². The highest BCUT2D eigenvalue weighted by Crippen LogP contribution is 2.15. The first-order valence-corrected chi connectivity index (χ1v) is 6.34. The highest BCUT2D eigenvalue weighted by Gasteiger charge is 2.14. The number of amides is 2. The molecule has 1 aromatic carbocycles. The minimum Gasteiger partial charge on any atom is -0.396 e. The van der Waals surface area contributed by atoms with Crippen molar-refractivity contribution >= 4 is 11.7 Å². The first-order chi connectivity index (χ1) is 8.58. The van der Waals surface area contributed by atoms with Gasteiger partial charge in [0.05, 0.1) is 0 Å². The first kappa shape index (κ1) is 14.5. The minimum atomic E-state index is -0.233. The molecule has 2 amide bonds. The smallest absolute Gasteiger partial charge is 0.319 e. The fourth-order valence-electron chi connectivity index (χ4n) is 1.62. The molecule has 2 unspecified atom stereocenters. The number of anilines is 1. The van der Waals surface area contributed by atoms with E-state index < -0.39 is 0 Å². The Morgan fingerprint density at radius 1 is 1.33 bits per heavy atom.